The Balaban J connectivity index is 0. The summed E-state index contributed by atoms with van der Waals surface area (Å²) in [7, 11) is 15.9. The van der Waals surface area contributed by atoms with Gasteiger partial charge in [0.1, 0.15) is 0 Å². The lowest BCUT2D eigenvalue weighted by Gasteiger charge is -2.21. The molecule has 5 heteroatoms. The molecule has 0 heterocycles. The van der Waals surface area contributed by atoms with E-state index in [-0.39, 0.29) is 0 Å². The molecular formula is C13H33N5. The maximum Gasteiger partial charge on any atom is 0.192 e. The first-order valence-electron chi connectivity index (χ1n) is 6.33. The van der Waals surface area contributed by atoms with Crippen LogP contribution < -0.4 is 0 Å². The normalized spacial score (nSPS) is 11.9. The van der Waals surface area contributed by atoms with Crippen LogP contribution in [0.2, 0.25) is 0 Å². The second kappa shape index (κ2) is 10.1. The van der Waals surface area contributed by atoms with E-state index < -0.39 is 0 Å². The van der Waals surface area contributed by atoms with Crippen molar-refractivity contribution in [1.29, 1.82) is 5.41 Å². The van der Waals surface area contributed by atoms with Crippen molar-refractivity contribution in [1.82, 2.24) is 19.6 Å². The van der Waals surface area contributed by atoms with Crippen molar-refractivity contribution >= 4 is 5.96 Å². The molecule has 110 valence electrons. The van der Waals surface area contributed by atoms with E-state index in [2.05, 4.69) is 44.9 Å². The van der Waals surface area contributed by atoms with Crippen LogP contribution in [-0.2, 0) is 0 Å². The van der Waals surface area contributed by atoms with E-state index in [1.54, 1.807) is 9.80 Å². The van der Waals surface area contributed by atoms with E-state index in [1.807, 2.05) is 28.2 Å². The topological polar surface area (TPSA) is 36.8 Å². The molecule has 0 fully saturated rings. The first-order chi connectivity index (χ1) is 8.09. The van der Waals surface area contributed by atoms with Crippen molar-refractivity contribution in [3.8, 4) is 0 Å². The van der Waals surface area contributed by atoms with Crippen LogP contribution in [0.15, 0.2) is 0 Å². The number of guanidine groups is 1. The molecule has 0 aliphatic carbocycles. The third kappa shape index (κ3) is 11.7. The fourth-order valence-corrected chi connectivity index (χ4v) is 1.10. The van der Waals surface area contributed by atoms with Crippen molar-refractivity contribution in [2.75, 3.05) is 62.9 Å². The number of rotatable bonds is 4. The monoisotopic (exact) mass is 259 g/mol. The maximum atomic E-state index is 7.25. The number of nitrogens with one attached hydrogen (secondary N) is 1. The number of hydrogen-bond donors (Lipinski definition) is 1. The zero-order valence-corrected chi connectivity index (χ0v) is 13.8. The van der Waals surface area contributed by atoms with Crippen molar-refractivity contribution in [3.05, 3.63) is 0 Å². The number of hydrogen-bond acceptors (Lipinski definition) is 3. The van der Waals surface area contributed by atoms with Crippen LogP contribution in [0.5, 0.6) is 0 Å². The minimum absolute atomic E-state index is 0.519. The zero-order chi connectivity index (χ0) is 14.9. The average Bonchev–Trinajstić information content (AvgIpc) is 2.24. The van der Waals surface area contributed by atoms with Crippen molar-refractivity contribution in [2.45, 2.75) is 19.4 Å². The average molecular weight is 259 g/mol. The van der Waals surface area contributed by atoms with E-state index in [1.165, 1.54) is 13.0 Å². The van der Waals surface area contributed by atoms with Crippen LogP contribution >= 0.6 is 0 Å². The Bertz CT molecular complexity index is 201. The van der Waals surface area contributed by atoms with Crippen molar-refractivity contribution in [3.63, 3.8) is 0 Å². The smallest absolute Gasteiger partial charge is 0.192 e. The molecule has 0 radical (unpaired) electrons. The second-order valence-electron chi connectivity index (χ2n) is 5.52. The van der Waals surface area contributed by atoms with Gasteiger partial charge >= 0.3 is 0 Å². The predicted octanol–water partition coefficient (Wildman–Crippen LogP) is 0.933. The lowest BCUT2D eigenvalue weighted by Crippen LogP contribution is -2.34. The highest BCUT2D eigenvalue weighted by Gasteiger charge is 2.03. The molecule has 18 heavy (non-hydrogen) atoms. The van der Waals surface area contributed by atoms with E-state index in [0.29, 0.717) is 12.0 Å². The molecule has 0 rings (SSSR count). The standard InChI is InChI=1S/C8H20N2.C5H13N3/c1-8(10(4)5)6-7-9(2)3;1-7(2)5(6)8(3)4/h8H,6-7H2,1-5H3;6H,1-4H3. The van der Waals surface area contributed by atoms with Crippen LogP contribution in [0.4, 0.5) is 0 Å². The fraction of sp³-hybridized carbons (Fsp3) is 0.923. The summed E-state index contributed by atoms with van der Waals surface area (Å²) in [4.78, 5) is 7.98. The molecule has 0 spiro atoms. The molecule has 1 atom stereocenters. The molecule has 0 amide bonds. The highest BCUT2D eigenvalue weighted by atomic mass is 15.3. The Kier molecular flexibility index (Phi) is 11.0. The molecule has 1 N–H and O–H groups in total. The quantitative estimate of drug-likeness (QED) is 0.602. The van der Waals surface area contributed by atoms with Crippen LogP contribution in [0.1, 0.15) is 13.3 Å². The Labute approximate surface area is 114 Å². The molecule has 0 aliphatic rings. The molecular weight excluding hydrogens is 226 g/mol. The summed E-state index contributed by atoms with van der Waals surface area (Å²) in [6.45, 7) is 3.43. The van der Waals surface area contributed by atoms with Gasteiger partial charge in [0.15, 0.2) is 5.96 Å². The van der Waals surface area contributed by atoms with Crippen LogP contribution in [0.3, 0.4) is 0 Å². The molecule has 5 nitrogen and oxygen atoms in total. The van der Waals surface area contributed by atoms with Gasteiger partial charge in [0, 0.05) is 34.2 Å². The molecule has 0 saturated heterocycles. The van der Waals surface area contributed by atoms with Gasteiger partial charge in [0.25, 0.3) is 0 Å². The van der Waals surface area contributed by atoms with Gasteiger partial charge in [-0.15, -0.1) is 0 Å². The third-order valence-corrected chi connectivity index (χ3v) is 2.72. The zero-order valence-electron chi connectivity index (χ0n) is 13.8. The van der Waals surface area contributed by atoms with Gasteiger partial charge in [-0.25, -0.2) is 0 Å². The Morgan fingerprint density at radius 2 is 1.28 bits per heavy atom. The molecule has 0 saturated carbocycles. The summed E-state index contributed by atoms with van der Waals surface area (Å²) < 4.78 is 0. The van der Waals surface area contributed by atoms with Crippen molar-refractivity contribution < 1.29 is 0 Å². The van der Waals surface area contributed by atoms with Gasteiger partial charge < -0.3 is 19.6 Å². The van der Waals surface area contributed by atoms with E-state index in [9.17, 15) is 0 Å². The minimum Gasteiger partial charge on any atom is -0.349 e. The predicted molar refractivity (Wildman–Crippen MR) is 81.4 cm³/mol. The molecule has 0 bridgehead atoms. The summed E-state index contributed by atoms with van der Waals surface area (Å²) in [6, 6.07) is 0.697. The Morgan fingerprint density at radius 1 is 0.889 bits per heavy atom. The summed E-state index contributed by atoms with van der Waals surface area (Å²) >= 11 is 0. The van der Waals surface area contributed by atoms with Crippen LogP contribution in [0.25, 0.3) is 0 Å². The minimum atomic E-state index is 0.519. The van der Waals surface area contributed by atoms with Gasteiger partial charge in [-0.3, -0.25) is 5.41 Å². The first-order valence-corrected chi connectivity index (χ1v) is 6.33. The highest BCUT2D eigenvalue weighted by Crippen LogP contribution is 1.97. The van der Waals surface area contributed by atoms with Crippen LogP contribution in [0, 0.1) is 5.41 Å². The summed E-state index contributed by atoms with van der Waals surface area (Å²) in [5.41, 5.74) is 0. The van der Waals surface area contributed by atoms with E-state index >= 15 is 0 Å². The highest BCUT2D eigenvalue weighted by molar-refractivity contribution is 5.75. The lowest BCUT2D eigenvalue weighted by atomic mass is 10.2. The fourth-order valence-electron chi connectivity index (χ4n) is 1.10. The molecule has 0 aromatic heterocycles. The Morgan fingerprint density at radius 3 is 1.44 bits per heavy atom. The van der Waals surface area contributed by atoms with Gasteiger partial charge in [-0.05, 0) is 48.1 Å². The largest absolute Gasteiger partial charge is 0.349 e. The molecule has 0 aliphatic heterocycles. The number of nitrogens with zero attached hydrogens (tertiary/aromatic N) is 4. The van der Waals surface area contributed by atoms with Gasteiger partial charge in [0.2, 0.25) is 0 Å². The Hall–Kier alpha value is -0.810. The van der Waals surface area contributed by atoms with Crippen LogP contribution in [-0.4, -0.2) is 94.5 Å². The molecule has 0 aromatic rings. The summed E-state index contributed by atoms with van der Waals surface area (Å²) in [6.07, 6.45) is 1.25. The van der Waals surface area contributed by atoms with E-state index in [0.717, 1.165) is 0 Å². The van der Waals surface area contributed by atoms with E-state index in [4.69, 9.17) is 5.41 Å². The third-order valence-electron chi connectivity index (χ3n) is 2.72. The lowest BCUT2D eigenvalue weighted by molar-refractivity contribution is 0.267. The maximum absolute atomic E-state index is 7.25. The molecule has 1 unspecified atom stereocenters. The summed E-state index contributed by atoms with van der Waals surface area (Å²) in [5, 5.41) is 7.25. The second-order valence-corrected chi connectivity index (χ2v) is 5.52. The van der Waals surface area contributed by atoms with Gasteiger partial charge in [-0.2, -0.15) is 0 Å². The van der Waals surface area contributed by atoms with Crippen molar-refractivity contribution in [2.24, 2.45) is 0 Å². The molecule has 0 aromatic carbocycles. The SMILES string of the molecule is CC(CCN(C)C)N(C)C.CN(C)C(=N)N(C)C. The van der Waals surface area contributed by atoms with Gasteiger partial charge in [0.05, 0.1) is 0 Å². The first kappa shape index (κ1) is 19.5. The summed E-state index contributed by atoms with van der Waals surface area (Å²) in [5.74, 6) is 0.519. The van der Waals surface area contributed by atoms with Gasteiger partial charge in [-0.1, -0.05) is 0 Å².